The van der Waals surface area contributed by atoms with Crippen LogP contribution in [0.5, 0.6) is 0 Å². The molecule has 0 bridgehead atoms. The molecule has 0 saturated heterocycles. The molecule has 0 unspecified atom stereocenters. The number of aliphatic hydroxyl groups excluding tert-OH is 1. The minimum atomic E-state index is -0.703. The predicted molar refractivity (Wildman–Crippen MR) is 107 cm³/mol. The zero-order valence-corrected chi connectivity index (χ0v) is 15.9. The number of rotatable bonds is 4. The first-order chi connectivity index (χ1) is 14.0. The van der Waals surface area contributed by atoms with Crippen molar-refractivity contribution in [3.63, 3.8) is 0 Å². The van der Waals surface area contributed by atoms with Gasteiger partial charge in [0, 0.05) is 12.1 Å². The van der Waals surface area contributed by atoms with Gasteiger partial charge in [0.25, 0.3) is 5.91 Å². The summed E-state index contributed by atoms with van der Waals surface area (Å²) in [6, 6.07) is 18.3. The Bertz CT molecular complexity index is 1100. The molecule has 0 aliphatic carbocycles. The van der Waals surface area contributed by atoms with E-state index in [9.17, 15) is 18.7 Å². The number of amides is 1. The summed E-state index contributed by atoms with van der Waals surface area (Å²) in [4.78, 5) is 14.4. The van der Waals surface area contributed by atoms with Crippen molar-refractivity contribution in [2.24, 2.45) is 0 Å². The molecule has 29 heavy (non-hydrogen) atoms. The van der Waals surface area contributed by atoms with Gasteiger partial charge in [0.05, 0.1) is 11.1 Å². The van der Waals surface area contributed by atoms with Crippen LogP contribution in [0.1, 0.15) is 22.7 Å². The minimum Gasteiger partial charge on any atom is -0.503 e. The summed E-state index contributed by atoms with van der Waals surface area (Å²) in [7, 11) is 0. The molecule has 3 aromatic rings. The van der Waals surface area contributed by atoms with Crippen LogP contribution >= 0.6 is 11.6 Å². The van der Waals surface area contributed by atoms with Gasteiger partial charge in [-0.3, -0.25) is 4.79 Å². The third-order valence-electron chi connectivity index (χ3n) is 4.91. The second-order valence-electron chi connectivity index (χ2n) is 6.76. The molecule has 1 amide bonds. The molecule has 3 nitrogen and oxygen atoms in total. The molecule has 3 aromatic carbocycles. The normalized spacial score (nSPS) is 16.6. The van der Waals surface area contributed by atoms with E-state index in [-0.39, 0.29) is 11.6 Å². The second-order valence-corrected chi connectivity index (χ2v) is 7.17. The quantitative estimate of drug-likeness (QED) is 0.600. The Morgan fingerprint density at radius 1 is 0.966 bits per heavy atom. The summed E-state index contributed by atoms with van der Waals surface area (Å²) in [5, 5.41) is 10.6. The number of hydrogen-bond donors (Lipinski definition) is 1. The van der Waals surface area contributed by atoms with Gasteiger partial charge in [-0.05, 0) is 41.0 Å². The van der Waals surface area contributed by atoms with E-state index in [1.54, 1.807) is 0 Å². The molecule has 4 rings (SSSR count). The van der Waals surface area contributed by atoms with E-state index in [4.69, 9.17) is 11.6 Å². The van der Waals surface area contributed by atoms with Gasteiger partial charge < -0.3 is 10.0 Å². The molecule has 0 saturated carbocycles. The van der Waals surface area contributed by atoms with Crippen LogP contribution in [-0.4, -0.2) is 15.9 Å². The van der Waals surface area contributed by atoms with Crippen LogP contribution in [0.4, 0.5) is 8.78 Å². The van der Waals surface area contributed by atoms with E-state index >= 15 is 0 Å². The standard InChI is InChI=1S/C23H16ClF2NO2/c24-18-12-16(8-11-19(18)26)21-20(15-6-9-17(25)10-7-15)22(28)23(29)27(21)13-14-4-2-1-3-5-14/h1-12,21,28H,13H2/t21-/m1/s1. The van der Waals surface area contributed by atoms with E-state index < -0.39 is 29.3 Å². The Morgan fingerprint density at radius 3 is 2.31 bits per heavy atom. The first-order valence-corrected chi connectivity index (χ1v) is 9.32. The van der Waals surface area contributed by atoms with E-state index in [1.165, 1.54) is 47.4 Å². The average Bonchev–Trinajstić information content (AvgIpc) is 2.96. The van der Waals surface area contributed by atoms with E-state index in [0.29, 0.717) is 16.7 Å². The fourth-order valence-electron chi connectivity index (χ4n) is 3.55. The molecule has 1 aliphatic rings. The summed E-state index contributed by atoms with van der Waals surface area (Å²) in [5.74, 6) is -1.98. The highest BCUT2D eigenvalue weighted by Crippen LogP contribution is 2.44. The van der Waals surface area contributed by atoms with Crippen LogP contribution in [0.15, 0.2) is 78.6 Å². The van der Waals surface area contributed by atoms with Crippen LogP contribution in [-0.2, 0) is 11.3 Å². The first kappa shape index (κ1) is 19.2. The summed E-state index contributed by atoms with van der Waals surface area (Å²) in [6.07, 6.45) is 0. The van der Waals surface area contributed by atoms with E-state index in [2.05, 4.69) is 0 Å². The molecule has 0 radical (unpaired) electrons. The lowest BCUT2D eigenvalue weighted by Gasteiger charge is -2.27. The number of nitrogens with zero attached hydrogens (tertiary/aromatic N) is 1. The summed E-state index contributed by atoms with van der Waals surface area (Å²) >= 11 is 5.98. The monoisotopic (exact) mass is 411 g/mol. The van der Waals surface area contributed by atoms with Gasteiger partial charge in [-0.2, -0.15) is 0 Å². The largest absolute Gasteiger partial charge is 0.503 e. The molecule has 1 N–H and O–H groups in total. The molecule has 1 atom stereocenters. The van der Waals surface area contributed by atoms with Crippen molar-refractivity contribution in [2.75, 3.05) is 0 Å². The van der Waals surface area contributed by atoms with Crippen molar-refractivity contribution < 1.29 is 18.7 Å². The van der Waals surface area contributed by atoms with Crippen LogP contribution in [0.2, 0.25) is 5.02 Å². The van der Waals surface area contributed by atoms with E-state index in [0.717, 1.165) is 5.56 Å². The fourth-order valence-corrected chi connectivity index (χ4v) is 3.74. The van der Waals surface area contributed by atoms with Gasteiger partial charge in [0.15, 0.2) is 5.76 Å². The third-order valence-corrected chi connectivity index (χ3v) is 5.20. The summed E-state index contributed by atoms with van der Waals surface area (Å²) in [6.45, 7) is 0.230. The van der Waals surface area contributed by atoms with E-state index in [1.807, 2.05) is 30.3 Å². The maximum Gasteiger partial charge on any atom is 0.290 e. The molecule has 0 aromatic heterocycles. The maximum absolute atomic E-state index is 13.7. The Labute approximate surface area is 171 Å². The zero-order valence-electron chi connectivity index (χ0n) is 15.1. The van der Waals surface area contributed by atoms with Crippen LogP contribution in [0, 0.1) is 11.6 Å². The van der Waals surface area contributed by atoms with Crippen LogP contribution < -0.4 is 0 Å². The average molecular weight is 412 g/mol. The lowest BCUT2D eigenvalue weighted by Crippen LogP contribution is -2.29. The fraction of sp³-hybridized carbons (Fsp3) is 0.0870. The molecule has 1 aliphatic heterocycles. The lowest BCUT2D eigenvalue weighted by atomic mass is 9.93. The van der Waals surface area contributed by atoms with Crippen molar-refractivity contribution >= 4 is 23.1 Å². The minimum absolute atomic E-state index is 0.0838. The van der Waals surface area contributed by atoms with Crippen molar-refractivity contribution in [3.8, 4) is 0 Å². The molecule has 0 spiro atoms. The van der Waals surface area contributed by atoms with Gasteiger partial charge in [0.1, 0.15) is 11.6 Å². The summed E-state index contributed by atoms with van der Waals surface area (Å²) < 4.78 is 27.1. The highest BCUT2D eigenvalue weighted by atomic mass is 35.5. The van der Waals surface area contributed by atoms with Gasteiger partial charge >= 0.3 is 0 Å². The maximum atomic E-state index is 13.7. The molecule has 146 valence electrons. The van der Waals surface area contributed by atoms with Crippen LogP contribution in [0.25, 0.3) is 5.57 Å². The number of benzene rings is 3. The summed E-state index contributed by atoms with van der Waals surface area (Å²) in [5.41, 5.74) is 2.24. The van der Waals surface area contributed by atoms with Crippen LogP contribution in [0.3, 0.4) is 0 Å². The van der Waals surface area contributed by atoms with Crippen molar-refractivity contribution in [2.45, 2.75) is 12.6 Å². The Balaban J connectivity index is 1.84. The van der Waals surface area contributed by atoms with Gasteiger partial charge in [-0.15, -0.1) is 0 Å². The number of carbonyl (C=O) groups is 1. The second kappa shape index (κ2) is 7.68. The lowest BCUT2D eigenvalue weighted by molar-refractivity contribution is -0.130. The Kier molecular flexibility index (Phi) is 5.07. The number of aliphatic hydroxyl groups is 1. The predicted octanol–water partition coefficient (Wildman–Crippen LogP) is 5.67. The molecule has 0 fully saturated rings. The molecule has 6 heteroatoms. The Morgan fingerprint density at radius 2 is 1.66 bits per heavy atom. The van der Waals surface area contributed by atoms with Gasteiger partial charge in [0.2, 0.25) is 0 Å². The molecular formula is C23H16ClF2NO2. The zero-order chi connectivity index (χ0) is 20.5. The number of hydrogen-bond acceptors (Lipinski definition) is 2. The van der Waals surface area contributed by atoms with Crippen molar-refractivity contribution in [1.29, 1.82) is 0 Å². The number of carbonyl (C=O) groups excluding carboxylic acids is 1. The smallest absolute Gasteiger partial charge is 0.290 e. The Hall–Kier alpha value is -3.18. The number of halogens is 3. The van der Waals surface area contributed by atoms with Gasteiger partial charge in [-0.25, -0.2) is 8.78 Å². The van der Waals surface area contributed by atoms with Gasteiger partial charge in [-0.1, -0.05) is 60.1 Å². The molecular weight excluding hydrogens is 396 g/mol. The highest BCUT2D eigenvalue weighted by Gasteiger charge is 2.41. The first-order valence-electron chi connectivity index (χ1n) is 8.94. The van der Waals surface area contributed by atoms with Crippen molar-refractivity contribution in [3.05, 3.63) is 112 Å². The third kappa shape index (κ3) is 3.61. The van der Waals surface area contributed by atoms with Crippen molar-refractivity contribution in [1.82, 2.24) is 4.90 Å². The topological polar surface area (TPSA) is 40.5 Å². The SMILES string of the molecule is O=C1C(O)=C(c2ccc(F)cc2)[C@@H](c2ccc(F)c(Cl)c2)N1Cc1ccccc1. The highest BCUT2D eigenvalue weighted by molar-refractivity contribution is 6.30. The molecule has 1 heterocycles.